The van der Waals surface area contributed by atoms with Gasteiger partial charge in [-0.05, 0) is 31.2 Å². The first-order chi connectivity index (χ1) is 8.11. The van der Waals surface area contributed by atoms with Crippen LogP contribution >= 0.6 is 0 Å². The lowest BCUT2D eigenvalue weighted by Crippen LogP contribution is -2.34. The van der Waals surface area contributed by atoms with Crippen LogP contribution in [0.2, 0.25) is 0 Å². The van der Waals surface area contributed by atoms with E-state index < -0.39 is 6.10 Å². The molecule has 1 atom stereocenters. The van der Waals surface area contributed by atoms with Gasteiger partial charge in [0.05, 0.1) is 17.7 Å². The second-order valence-corrected chi connectivity index (χ2v) is 3.58. The Morgan fingerprint density at radius 3 is 2.71 bits per heavy atom. The van der Waals surface area contributed by atoms with E-state index in [1.165, 1.54) is 0 Å². The molecule has 1 amide bonds. The van der Waals surface area contributed by atoms with Crippen LogP contribution < -0.4 is 10.1 Å². The molecule has 0 bridgehead atoms. The summed E-state index contributed by atoms with van der Waals surface area (Å²) in [6.45, 7) is 1.68. The van der Waals surface area contributed by atoms with Crippen molar-refractivity contribution in [1.82, 2.24) is 5.32 Å². The number of benzene rings is 1. The Labute approximate surface area is 99.6 Å². The summed E-state index contributed by atoms with van der Waals surface area (Å²) < 4.78 is 5.20. The summed E-state index contributed by atoms with van der Waals surface area (Å²) in [7, 11) is 0. The van der Waals surface area contributed by atoms with E-state index in [1.54, 1.807) is 31.2 Å². The Kier molecular flexibility index (Phi) is 4.98. The van der Waals surface area contributed by atoms with Gasteiger partial charge in [-0.2, -0.15) is 5.26 Å². The monoisotopic (exact) mass is 234 g/mol. The first-order valence-electron chi connectivity index (χ1n) is 5.19. The predicted octanol–water partition coefficient (Wildman–Crippen LogP) is 0.434. The molecule has 0 heterocycles. The first-order valence-corrected chi connectivity index (χ1v) is 5.19. The van der Waals surface area contributed by atoms with Crippen LogP contribution in [0.5, 0.6) is 5.75 Å². The number of nitrogens with zero attached hydrogens (tertiary/aromatic N) is 1. The fraction of sp³-hybridized carbons (Fsp3) is 0.333. The fourth-order valence-corrected chi connectivity index (χ4v) is 1.09. The van der Waals surface area contributed by atoms with E-state index in [9.17, 15) is 4.79 Å². The van der Waals surface area contributed by atoms with Gasteiger partial charge in [0, 0.05) is 6.54 Å². The predicted molar refractivity (Wildman–Crippen MR) is 61.3 cm³/mol. The van der Waals surface area contributed by atoms with Crippen molar-refractivity contribution in [3.63, 3.8) is 0 Å². The Balaban J connectivity index is 2.35. The van der Waals surface area contributed by atoms with Crippen molar-refractivity contribution in [2.45, 2.75) is 13.0 Å². The summed E-state index contributed by atoms with van der Waals surface area (Å²) in [6, 6.07) is 8.47. The lowest BCUT2D eigenvalue weighted by atomic mass is 10.2. The zero-order valence-corrected chi connectivity index (χ0v) is 9.51. The van der Waals surface area contributed by atoms with E-state index in [4.69, 9.17) is 15.1 Å². The number of hydrogen-bond donors (Lipinski definition) is 2. The molecule has 1 unspecified atom stereocenters. The van der Waals surface area contributed by atoms with Gasteiger partial charge >= 0.3 is 0 Å². The molecule has 1 rings (SSSR count). The smallest absolute Gasteiger partial charge is 0.258 e. The summed E-state index contributed by atoms with van der Waals surface area (Å²) in [5.74, 6) is 0.228. The molecule has 1 aromatic carbocycles. The average Bonchev–Trinajstić information content (AvgIpc) is 2.34. The van der Waals surface area contributed by atoms with Crippen LogP contribution in [-0.4, -0.2) is 30.3 Å². The number of amides is 1. The molecule has 2 N–H and O–H groups in total. The summed E-state index contributed by atoms with van der Waals surface area (Å²) in [4.78, 5) is 11.2. The van der Waals surface area contributed by atoms with Gasteiger partial charge in [0.1, 0.15) is 5.75 Å². The molecular formula is C12H14N2O3. The van der Waals surface area contributed by atoms with Gasteiger partial charge < -0.3 is 15.2 Å². The van der Waals surface area contributed by atoms with Crippen molar-refractivity contribution in [3.05, 3.63) is 29.8 Å². The zero-order chi connectivity index (χ0) is 12.7. The number of carbonyl (C=O) groups excluding carboxylic acids is 1. The Morgan fingerprint density at radius 2 is 2.18 bits per heavy atom. The standard InChI is InChI=1S/C12H14N2O3/c1-9(15)7-14-12(16)8-17-11-4-2-10(6-13)3-5-11/h2-5,9,15H,7-8H2,1H3,(H,14,16). The lowest BCUT2D eigenvalue weighted by Gasteiger charge is -2.08. The summed E-state index contributed by atoms with van der Waals surface area (Å²) in [5, 5.41) is 20.1. The van der Waals surface area contributed by atoms with Crippen molar-refractivity contribution in [1.29, 1.82) is 5.26 Å². The van der Waals surface area contributed by atoms with Crippen molar-refractivity contribution >= 4 is 5.91 Å². The quantitative estimate of drug-likeness (QED) is 0.774. The number of aliphatic hydroxyl groups is 1. The molecule has 0 saturated heterocycles. The summed E-state index contributed by atoms with van der Waals surface area (Å²) in [5.41, 5.74) is 0.538. The average molecular weight is 234 g/mol. The van der Waals surface area contributed by atoms with Crippen LogP contribution in [0.25, 0.3) is 0 Å². The topological polar surface area (TPSA) is 82.3 Å². The summed E-state index contributed by atoms with van der Waals surface area (Å²) >= 11 is 0. The SMILES string of the molecule is CC(O)CNC(=O)COc1ccc(C#N)cc1. The molecule has 17 heavy (non-hydrogen) atoms. The largest absolute Gasteiger partial charge is 0.484 e. The minimum Gasteiger partial charge on any atom is -0.484 e. The van der Waals surface area contributed by atoms with Gasteiger partial charge in [-0.1, -0.05) is 0 Å². The maximum atomic E-state index is 11.2. The minimum absolute atomic E-state index is 0.112. The molecular weight excluding hydrogens is 220 g/mol. The van der Waals surface area contributed by atoms with Crippen molar-refractivity contribution in [2.75, 3.05) is 13.2 Å². The number of nitriles is 1. The molecule has 0 aromatic heterocycles. The van der Waals surface area contributed by atoms with E-state index in [-0.39, 0.29) is 19.1 Å². The van der Waals surface area contributed by atoms with E-state index in [0.717, 1.165) is 0 Å². The second-order valence-electron chi connectivity index (χ2n) is 3.58. The molecule has 0 radical (unpaired) electrons. The van der Waals surface area contributed by atoms with Gasteiger partial charge in [-0.15, -0.1) is 0 Å². The lowest BCUT2D eigenvalue weighted by molar-refractivity contribution is -0.123. The van der Waals surface area contributed by atoms with E-state index in [0.29, 0.717) is 11.3 Å². The van der Waals surface area contributed by atoms with Crippen molar-refractivity contribution in [2.24, 2.45) is 0 Å². The van der Waals surface area contributed by atoms with Crippen LogP contribution in [0, 0.1) is 11.3 Å². The van der Waals surface area contributed by atoms with E-state index >= 15 is 0 Å². The molecule has 0 aliphatic carbocycles. The molecule has 0 saturated carbocycles. The highest BCUT2D eigenvalue weighted by atomic mass is 16.5. The van der Waals surface area contributed by atoms with Crippen LogP contribution in [0.4, 0.5) is 0 Å². The third-order valence-electron chi connectivity index (χ3n) is 1.95. The highest BCUT2D eigenvalue weighted by Gasteiger charge is 2.03. The first kappa shape index (κ1) is 13.0. The number of ether oxygens (including phenoxy) is 1. The molecule has 0 spiro atoms. The molecule has 0 fully saturated rings. The van der Waals surface area contributed by atoms with Gasteiger partial charge in [-0.25, -0.2) is 0 Å². The number of carbonyl (C=O) groups is 1. The maximum Gasteiger partial charge on any atom is 0.258 e. The maximum absolute atomic E-state index is 11.2. The number of hydrogen-bond acceptors (Lipinski definition) is 4. The van der Waals surface area contributed by atoms with Gasteiger partial charge in [0.15, 0.2) is 6.61 Å². The van der Waals surface area contributed by atoms with Gasteiger partial charge in [0.2, 0.25) is 0 Å². The fourth-order valence-electron chi connectivity index (χ4n) is 1.09. The Bertz CT molecular complexity index is 407. The van der Waals surface area contributed by atoms with Crippen LogP contribution in [0.1, 0.15) is 12.5 Å². The second kappa shape index (κ2) is 6.51. The minimum atomic E-state index is -0.575. The number of aliphatic hydroxyl groups excluding tert-OH is 1. The van der Waals surface area contributed by atoms with Crippen LogP contribution in [0.15, 0.2) is 24.3 Å². The molecule has 0 aliphatic heterocycles. The Hall–Kier alpha value is -2.06. The normalized spacial score (nSPS) is 11.4. The third kappa shape index (κ3) is 5.00. The molecule has 1 aromatic rings. The van der Waals surface area contributed by atoms with Crippen molar-refractivity contribution in [3.8, 4) is 11.8 Å². The Morgan fingerprint density at radius 1 is 1.53 bits per heavy atom. The van der Waals surface area contributed by atoms with E-state index in [2.05, 4.69) is 5.32 Å². The van der Waals surface area contributed by atoms with Crippen LogP contribution in [0.3, 0.4) is 0 Å². The van der Waals surface area contributed by atoms with E-state index in [1.807, 2.05) is 6.07 Å². The third-order valence-corrected chi connectivity index (χ3v) is 1.95. The van der Waals surface area contributed by atoms with Gasteiger partial charge in [-0.3, -0.25) is 4.79 Å². The van der Waals surface area contributed by atoms with Crippen molar-refractivity contribution < 1.29 is 14.6 Å². The van der Waals surface area contributed by atoms with Gasteiger partial charge in [0.25, 0.3) is 5.91 Å². The zero-order valence-electron chi connectivity index (χ0n) is 9.51. The molecule has 5 nitrogen and oxygen atoms in total. The van der Waals surface area contributed by atoms with Crippen LogP contribution in [-0.2, 0) is 4.79 Å². The number of rotatable bonds is 5. The molecule has 90 valence electrons. The highest BCUT2D eigenvalue weighted by molar-refractivity contribution is 5.77. The number of nitrogens with one attached hydrogen (secondary N) is 1. The molecule has 5 heteroatoms. The molecule has 0 aliphatic rings. The summed E-state index contributed by atoms with van der Waals surface area (Å²) in [6.07, 6.45) is -0.575. The highest BCUT2D eigenvalue weighted by Crippen LogP contribution is 2.10.